The van der Waals surface area contributed by atoms with Crippen molar-refractivity contribution >= 4 is 26.0 Å². The fourth-order valence-electron chi connectivity index (χ4n) is 1.44. The second-order valence-corrected chi connectivity index (χ2v) is 6.83. The Morgan fingerprint density at radius 1 is 1.39 bits per heavy atom. The number of hydrogen-bond acceptors (Lipinski definition) is 3. The largest absolute Gasteiger partial charge is 0.380 e. The van der Waals surface area contributed by atoms with Crippen molar-refractivity contribution in [3.8, 4) is 0 Å². The highest BCUT2D eigenvalue weighted by atomic mass is 79.9. The van der Waals surface area contributed by atoms with Crippen LogP contribution in [0.4, 0.5) is 0 Å². The summed E-state index contributed by atoms with van der Waals surface area (Å²) in [6.07, 6.45) is 0. The van der Waals surface area contributed by atoms with Crippen LogP contribution in [0.25, 0.3) is 0 Å². The first-order chi connectivity index (χ1) is 8.39. The number of likely N-dealkylation sites (N-methyl/N-ethyl adjacent to an activating group) is 1. The van der Waals surface area contributed by atoms with Crippen molar-refractivity contribution in [2.45, 2.75) is 18.7 Å². The fraction of sp³-hybridized carbons (Fsp3) is 0.500. The third-order valence-corrected chi connectivity index (χ3v) is 5.36. The van der Waals surface area contributed by atoms with Crippen molar-refractivity contribution in [3.63, 3.8) is 0 Å². The van der Waals surface area contributed by atoms with Gasteiger partial charge in [-0.1, -0.05) is 6.07 Å². The average molecular weight is 336 g/mol. The summed E-state index contributed by atoms with van der Waals surface area (Å²) in [5, 5.41) is 0. The van der Waals surface area contributed by atoms with Crippen molar-refractivity contribution in [2.24, 2.45) is 0 Å². The molecule has 0 aliphatic rings. The summed E-state index contributed by atoms with van der Waals surface area (Å²) in [4.78, 5) is 0.284. The van der Waals surface area contributed by atoms with Crippen molar-refractivity contribution in [2.75, 3.05) is 26.8 Å². The van der Waals surface area contributed by atoms with E-state index in [2.05, 4.69) is 15.9 Å². The number of nitrogens with zero attached hydrogens (tertiary/aromatic N) is 1. The highest BCUT2D eigenvalue weighted by molar-refractivity contribution is 9.10. The fourth-order valence-corrected chi connectivity index (χ4v) is 3.74. The van der Waals surface area contributed by atoms with Gasteiger partial charge in [-0.25, -0.2) is 8.42 Å². The molecule has 0 heterocycles. The van der Waals surface area contributed by atoms with Gasteiger partial charge in [0.1, 0.15) is 0 Å². The van der Waals surface area contributed by atoms with Gasteiger partial charge >= 0.3 is 0 Å². The van der Waals surface area contributed by atoms with Crippen LogP contribution in [0, 0.1) is 6.92 Å². The van der Waals surface area contributed by atoms with Gasteiger partial charge in [0.15, 0.2) is 0 Å². The molecule has 1 aromatic carbocycles. The molecule has 0 aromatic heterocycles. The molecule has 0 radical (unpaired) electrons. The number of ether oxygens (including phenoxy) is 1. The first-order valence-electron chi connectivity index (χ1n) is 5.69. The Kier molecular flexibility index (Phi) is 5.78. The van der Waals surface area contributed by atoms with E-state index in [1.807, 2.05) is 13.8 Å². The van der Waals surface area contributed by atoms with Crippen molar-refractivity contribution in [1.29, 1.82) is 0 Å². The molecule has 0 amide bonds. The highest BCUT2D eigenvalue weighted by Gasteiger charge is 2.22. The van der Waals surface area contributed by atoms with Crippen LogP contribution in [0.2, 0.25) is 0 Å². The Hall–Kier alpha value is -0.430. The minimum atomic E-state index is -3.46. The van der Waals surface area contributed by atoms with Crippen molar-refractivity contribution < 1.29 is 13.2 Å². The van der Waals surface area contributed by atoms with Gasteiger partial charge in [0.25, 0.3) is 0 Å². The van der Waals surface area contributed by atoms with Gasteiger partial charge < -0.3 is 4.74 Å². The molecule has 0 spiro atoms. The van der Waals surface area contributed by atoms with Crippen LogP contribution in [0.3, 0.4) is 0 Å². The van der Waals surface area contributed by atoms with Gasteiger partial charge in [-0.15, -0.1) is 0 Å². The summed E-state index contributed by atoms with van der Waals surface area (Å²) >= 11 is 3.30. The Bertz CT molecular complexity index is 502. The molecular formula is C12H18BrNO3S. The first-order valence-corrected chi connectivity index (χ1v) is 7.93. The predicted molar refractivity (Wildman–Crippen MR) is 75.2 cm³/mol. The smallest absolute Gasteiger partial charge is 0.244 e. The number of benzene rings is 1. The zero-order valence-electron chi connectivity index (χ0n) is 10.8. The molecule has 102 valence electrons. The number of halogens is 1. The molecule has 18 heavy (non-hydrogen) atoms. The van der Waals surface area contributed by atoms with E-state index in [1.54, 1.807) is 25.2 Å². The summed E-state index contributed by atoms with van der Waals surface area (Å²) in [5.74, 6) is 0. The monoisotopic (exact) mass is 335 g/mol. The van der Waals surface area contributed by atoms with E-state index >= 15 is 0 Å². The van der Waals surface area contributed by atoms with Crippen LogP contribution in [0.15, 0.2) is 27.6 Å². The Balaban J connectivity index is 2.91. The molecular weight excluding hydrogens is 318 g/mol. The zero-order valence-corrected chi connectivity index (χ0v) is 13.2. The first kappa shape index (κ1) is 15.6. The number of rotatable bonds is 6. The van der Waals surface area contributed by atoms with Gasteiger partial charge in [0.05, 0.1) is 11.5 Å². The third kappa shape index (κ3) is 3.78. The van der Waals surface area contributed by atoms with E-state index in [-0.39, 0.29) is 4.90 Å². The van der Waals surface area contributed by atoms with E-state index in [9.17, 15) is 8.42 Å². The number of hydrogen-bond donors (Lipinski definition) is 0. The molecule has 1 rings (SSSR count). The summed E-state index contributed by atoms with van der Waals surface area (Å²) < 4.78 is 31.7. The molecule has 1 aromatic rings. The maximum Gasteiger partial charge on any atom is 0.244 e. The summed E-state index contributed by atoms with van der Waals surface area (Å²) in [6.45, 7) is 5.12. The molecule has 0 atom stereocenters. The molecule has 0 saturated heterocycles. The van der Waals surface area contributed by atoms with E-state index in [0.29, 0.717) is 24.2 Å². The van der Waals surface area contributed by atoms with Gasteiger partial charge in [0.2, 0.25) is 10.0 Å². The van der Waals surface area contributed by atoms with Crippen molar-refractivity contribution in [1.82, 2.24) is 4.31 Å². The van der Waals surface area contributed by atoms with E-state index in [1.165, 1.54) is 4.31 Å². The highest BCUT2D eigenvalue weighted by Crippen LogP contribution is 2.25. The summed E-state index contributed by atoms with van der Waals surface area (Å²) in [5.41, 5.74) is 1.01. The lowest BCUT2D eigenvalue weighted by atomic mass is 10.2. The summed E-state index contributed by atoms with van der Waals surface area (Å²) in [6, 6.07) is 5.20. The average Bonchev–Trinajstić information content (AvgIpc) is 2.28. The molecule has 6 heteroatoms. The minimum Gasteiger partial charge on any atom is -0.380 e. The van der Waals surface area contributed by atoms with E-state index in [4.69, 9.17) is 4.74 Å². The van der Waals surface area contributed by atoms with Crippen LogP contribution in [-0.2, 0) is 14.8 Å². The molecule has 0 bridgehead atoms. The van der Waals surface area contributed by atoms with E-state index in [0.717, 1.165) is 5.56 Å². The standard InChI is InChI=1S/C12H18BrNO3S/c1-4-17-8-7-14(3)18(15,16)12-6-5-10(2)9-11(12)13/h5-6,9H,4,7-8H2,1-3H3. The Morgan fingerprint density at radius 3 is 2.61 bits per heavy atom. The van der Waals surface area contributed by atoms with Crippen LogP contribution >= 0.6 is 15.9 Å². The number of aryl methyl sites for hydroxylation is 1. The van der Waals surface area contributed by atoms with Crippen LogP contribution in [-0.4, -0.2) is 39.5 Å². The topological polar surface area (TPSA) is 46.6 Å². The predicted octanol–water partition coefficient (Wildman–Crippen LogP) is 2.41. The quantitative estimate of drug-likeness (QED) is 0.750. The molecule has 0 aliphatic heterocycles. The molecule has 0 saturated carbocycles. The number of sulfonamides is 1. The minimum absolute atomic E-state index is 0.284. The van der Waals surface area contributed by atoms with Gasteiger partial charge in [0, 0.05) is 24.7 Å². The second-order valence-electron chi connectivity index (χ2n) is 3.96. The molecule has 0 N–H and O–H groups in total. The van der Waals surface area contributed by atoms with Crippen molar-refractivity contribution in [3.05, 3.63) is 28.2 Å². The van der Waals surface area contributed by atoms with E-state index < -0.39 is 10.0 Å². The molecule has 0 fully saturated rings. The Morgan fingerprint density at radius 2 is 2.06 bits per heavy atom. The normalized spacial score (nSPS) is 12.1. The Labute approximate surface area is 117 Å². The third-order valence-electron chi connectivity index (χ3n) is 2.53. The van der Waals surface area contributed by atoms with Gasteiger partial charge in [-0.05, 0) is 47.5 Å². The van der Waals surface area contributed by atoms with Crippen LogP contribution in [0.5, 0.6) is 0 Å². The lowest BCUT2D eigenvalue weighted by Crippen LogP contribution is -2.30. The van der Waals surface area contributed by atoms with Crippen LogP contribution in [0.1, 0.15) is 12.5 Å². The lowest BCUT2D eigenvalue weighted by Gasteiger charge is -2.18. The molecule has 0 aliphatic carbocycles. The maximum absolute atomic E-state index is 12.3. The second kappa shape index (κ2) is 6.65. The van der Waals surface area contributed by atoms with Gasteiger partial charge in [-0.3, -0.25) is 0 Å². The van der Waals surface area contributed by atoms with Gasteiger partial charge in [-0.2, -0.15) is 4.31 Å². The summed E-state index contributed by atoms with van der Waals surface area (Å²) in [7, 11) is -1.90. The molecule has 4 nitrogen and oxygen atoms in total. The SMILES string of the molecule is CCOCCN(C)S(=O)(=O)c1ccc(C)cc1Br. The maximum atomic E-state index is 12.3. The lowest BCUT2D eigenvalue weighted by molar-refractivity contribution is 0.138. The molecule has 0 unspecified atom stereocenters. The van der Waals surface area contributed by atoms with Crippen LogP contribution < -0.4 is 0 Å². The zero-order chi connectivity index (χ0) is 13.8.